The van der Waals surface area contributed by atoms with Gasteiger partial charge in [0.15, 0.2) is 11.5 Å². The van der Waals surface area contributed by atoms with Gasteiger partial charge in [0.25, 0.3) is 0 Å². The third kappa shape index (κ3) is 3.28. The number of benzene rings is 2. The molecule has 5 rings (SSSR count). The van der Waals surface area contributed by atoms with Gasteiger partial charge < -0.3 is 9.47 Å². The van der Waals surface area contributed by atoms with E-state index in [1.165, 1.54) is 0 Å². The number of rotatable bonds is 5. The Balaban J connectivity index is 1.37. The van der Waals surface area contributed by atoms with Crippen molar-refractivity contribution in [1.82, 2.24) is 4.98 Å². The first kappa shape index (κ1) is 18.2. The molecule has 2 aliphatic rings. The van der Waals surface area contributed by atoms with E-state index in [4.69, 9.17) is 21.1 Å². The molecule has 1 aliphatic carbocycles. The van der Waals surface area contributed by atoms with Crippen molar-refractivity contribution in [2.75, 3.05) is 6.79 Å². The van der Waals surface area contributed by atoms with Crippen LogP contribution in [0.2, 0.25) is 5.02 Å². The number of carbonyl (C=O) groups excluding carboxylic acids is 1. The zero-order valence-corrected chi connectivity index (χ0v) is 16.8. The van der Waals surface area contributed by atoms with E-state index in [1.54, 1.807) is 0 Å². The monoisotopic (exact) mass is 405 g/mol. The van der Waals surface area contributed by atoms with Crippen LogP contribution in [0.25, 0.3) is 11.1 Å². The van der Waals surface area contributed by atoms with Crippen LogP contribution in [-0.4, -0.2) is 17.6 Å². The van der Waals surface area contributed by atoms with E-state index in [2.05, 4.69) is 4.98 Å². The Kier molecular flexibility index (Phi) is 4.32. The van der Waals surface area contributed by atoms with Gasteiger partial charge in [-0.25, -0.2) is 0 Å². The number of hydrogen-bond donors (Lipinski definition) is 0. The fourth-order valence-corrected chi connectivity index (χ4v) is 4.15. The predicted octanol–water partition coefficient (Wildman–Crippen LogP) is 5.28. The number of pyridine rings is 1. The van der Waals surface area contributed by atoms with Crippen molar-refractivity contribution < 1.29 is 14.3 Å². The summed E-state index contributed by atoms with van der Waals surface area (Å²) in [4.78, 5) is 17.7. The smallest absolute Gasteiger partial charge is 0.231 e. The Labute approximate surface area is 174 Å². The fourth-order valence-electron chi connectivity index (χ4n) is 4.02. The summed E-state index contributed by atoms with van der Waals surface area (Å²) < 4.78 is 10.9. The van der Waals surface area contributed by atoms with Gasteiger partial charge in [0.1, 0.15) is 5.78 Å². The van der Waals surface area contributed by atoms with Crippen LogP contribution in [0.4, 0.5) is 0 Å². The van der Waals surface area contributed by atoms with Crippen molar-refractivity contribution in [3.8, 4) is 22.6 Å². The quantitative estimate of drug-likeness (QED) is 0.579. The largest absolute Gasteiger partial charge is 0.454 e. The Bertz CT molecular complexity index is 1100. The van der Waals surface area contributed by atoms with Crippen LogP contribution in [-0.2, 0) is 16.6 Å². The molecule has 146 valence electrons. The van der Waals surface area contributed by atoms with Crippen molar-refractivity contribution in [2.45, 2.75) is 31.6 Å². The summed E-state index contributed by atoms with van der Waals surface area (Å²) in [5, 5.41) is 0.708. The molecule has 1 saturated carbocycles. The number of ketones is 1. The van der Waals surface area contributed by atoms with Gasteiger partial charge in [-0.3, -0.25) is 9.78 Å². The summed E-state index contributed by atoms with van der Waals surface area (Å²) in [7, 11) is 0. The highest BCUT2D eigenvalue weighted by molar-refractivity contribution is 6.30. The number of hydrogen-bond acceptors (Lipinski definition) is 4. The molecule has 0 N–H and O–H groups in total. The summed E-state index contributed by atoms with van der Waals surface area (Å²) >= 11 is 5.98. The second-order valence-electron chi connectivity index (χ2n) is 7.75. The van der Waals surface area contributed by atoms with E-state index < -0.39 is 5.41 Å². The van der Waals surface area contributed by atoms with Crippen molar-refractivity contribution in [3.05, 3.63) is 76.6 Å². The van der Waals surface area contributed by atoms with Crippen LogP contribution in [0.1, 0.15) is 29.7 Å². The predicted molar refractivity (Wildman–Crippen MR) is 112 cm³/mol. The summed E-state index contributed by atoms with van der Waals surface area (Å²) in [6, 6.07) is 15.6. The number of fused-ring (bicyclic) bond motifs is 1. The molecule has 0 radical (unpaired) electrons. The van der Waals surface area contributed by atoms with Crippen LogP contribution >= 0.6 is 11.6 Å². The van der Waals surface area contributed by atoms with E-state index in [1.807, 2.05) is 61.7 Å². The summed E-state index contributed by atoms with van der Waals surface area (Å²) in [6.45, 7) is 2.28. The molecule has 5 heteroatoms. The topological polar surface area (TPSA) is 48.4 Å². The van der Waals surface area contributed by atoms with Gasteiger partial charge in [0.2, 0.25) is 6.79 Å². The number of nitrogens with zero attached hydrogens (tertiary/aromatic N) is 1. The number of aromatic nitrogens is 1. The molecule has 2 heterocycles. The Morgan fingerprint density at radius 3 is 2.55 bits per heavy atom. The third-order valence-corrected chi connectivity index (χ3v) is 6.13. The van der Waals surface area contributed by atoms with Gasteiger partial charge in [-0.1, -0.05) is 29.8 Å². The minimum Gasteiger partial charge on any atom is -0.454 e. The molecular formula is C24H20ClNO3. The first-order valence-corrected chi connectivity index (χ1v) is 10.1. The van der Waals surface area contributed by atoms with Crippen molar-refractivity contribution >= 4 is 17.4 Å². The highest BCUT2D eigenvalue weighted by atomic mass is 35.5. The summed E-state index contributed by atoms with van der Waals surface area (Å²) in [5.74, 6) is 1.68. The molecular weight excluding hydrogens is 386 g/mol. The molecule has 0 bridgehead atoms. The standard InChI is InChI=1S/C24H20ClNO3/c1-15-10-19(26-13-20(15)16-2-5-18(25)6-3-16)12-23(27)24(8-9-24)17-4-7-21-22(11-17)29-14-28-21/h2-7,10-11,13H,8-9,12,14H2,1H3. The third-order valence-electron chi connectivity index (χ3n) is 5.87. The number of halogens is 1. The number of ether oxygens (including phenoxy) is 2. The van der Waals surface area contributed by atoms with Crippen LogP contribution < -0.4 is 9.47 Å². The maximum Gasteiger partial charge on any atom is 0.231 e. The molecule has 29 heavy (non-hydrogen) atoms. The number of aryl methyl sites for hydroxylation is 1. The SMILES string of the molecule is Cc1cc(CC(=O)C2(c3ccc4c(c3)OCO4)CC2)ncc1-c1ccc(Cl)cc1. The lowest BCUT2D eigenvalue weighted by atomic mass is 9.88. The Hall–Kier alpha value is -2.85. The lowest BCUT2D eigenvalue weighted by molar-refractivity contribution is -0.120. The van der Waals surface area contributed by atoms with Gasteiger partial charge >= 0.3 is 0 Å². The molecule has 2 aromatic carbocycles. The lowest BCUT2D eigenvalue weighted by Crippen LogP contribution is -2.23. The van der Waals surface area contributed by atoms with Gasteiger partial charge in [0, 0.05) is 28.9 Å². The molecule has 0 atom stereocenters. The molecule has 1 aromatic heterocycles. The second-order valence-corrected chi connectivity index (χ2v) is 8.18. The molecule has 0 amide bonds. The minimum atomic E-state index is -0.411. The fraction of sp³-hybridized carbons (Fsp3) is 0.250. The van der Waals surface area contributed by atoms with Crippen LogP contribution in [0.3, 0.4) is 0 Å². The highest BCUT2D eigenvalue weighted by Gasteiger charge is 2.50. The second kappa shape index (κ2) is 6.89. The number of carbonyl (C=O) groups is 1. The average Bonchev–Trinajstić information content (AvgIpc) is 3.40. The van der Waals surface area contributed by atoms with E-state index in [0.29, 0.717) is 11.4 Å². The van der Waals surface area contributed by atoms with Crippen LogP contribution in [0.15, 0.2) is 54.7 Å². The molecule has 0 saturated heterocycles. The molecule has 0 unspecified atom stereocenters. The van der Waals surface area contributed by atoms with Crippen molar-refractivity contribution in [1.29, 1.82) is 0 Å². The molecule has 3 aromatic rings. The average molecular weight is 406 g/mol. The van der Waals surface area contributed by atoms with Gasteiger partial charge in [-0.15, -0.1) is 0 Å². The van der Waals surface area contributed by atoms with Crippen LogP contribution in [0, 0.1) is 6.92 Å². The van der Waals surface area contributed by atoms with Crippen LogP contribution in [0.5, 0.6) is 11.5 Å². The van der Waals surface area contributed by atoms with E-state index in [0.717, 1.165) is 52.3 Å². The first-order valence-electron chi connectivity index (χ1n) is 9.70. The zero-order valence-electron chi connectivity index (χ0n) is 16.1. The van der Waals surface area contributed by atoms with Crippen molar-refractivity contribution in [3.63, 3.8) is 0 Å². The zero-order chi connectivity index (χ0) is 20.0. The van der Waals surface area contributed by atoms with E-state index in [9.17, 15) is 4.79 Å². The summed E-state index contributed by atoms with van der Waals surface area (Å²) in [6.07, 6.45) is 3.91. The van der Waals surface area contributed by atoms with E-state index in [-0.39, 0.29) is 12.6 Å². The normalized spacial score (nSPS) is 15.9. The molecule has 1 fully saturated rings. The maximum absolute atomic E-state index is 13.2. The summed E-state index contributed by atoms with van der Waals surface area (Å²) in [5.41, 5.74) is 4.62. The molecule has 1 aliphatic heterocycles. The van der Waals surface area contributed by atoms with E-state index >= 15 is 0 Å². The highest BCUT2D eigenvalue weighted by Crippen LogP contribution is 2.51. The molecule has 4 nitrogen and oxygen atoms in total. The Morgan fingerprint density at radius 2 is 1.83 bits per heavy atom. The van der Waals surface area contributed by atoms with Gasteiger partial charge in [-0.2, -0.15) is 0 Å². The first-order chi connectivity index (χ1) is 14.0. The number of Topliss-reactive ketones (excluding diaryl/α,β-unsaturated/α-hetero) is 1. The lowest BCUT2D eigenvalue weighted by Gasteiger charge is -2.15. The van der Waals surface area contributed by atoms with Gasteiger partial charge in [0.05, 0.1) is 5.41 Å². The van der Waals surface area contributed by atoms with Gasteiger partial charge in [-0.05, 0) is 66.8 Å². The minimum absolute atomic E-state index is 0.211. The Morgan fingerprint density at radius 1 is 1.07 bits per heavy atom. The van der Waals surface area contributed by atoms with Crippen molar-refractivity contribution in [2.24, 2.45) is 0 Å². The molecule has 0 spiro atoms. The maximum atomic E-state index is 13.2.